The van der Waals surface area contributed by atoms with Crippen LogP contribution in [0.3, 0.4) is 0 Å². The molecule has 8 nitrogen and oxygen atoms in total. The van der Waals surface area contributed by atoms with Crippen molar-refractivity contribution in [2.75, 3.05) is 26.0 Å². The summed E-state index contributed by atoms with van der Waals surface area (Å²) in [6, 6.07) is 3.90. The van der Waals surface area contributed by atoms with Gasteiger partial charge in [-0.15, -0.1) is 0 Å². The minimum absolute atomic E-state index is 0.267. The Bertz CT molecular complexity index is 669. The number of anilines is 1. The zero-order chi connectivity index (χ0) is 16.5. The van der Waals surface area contributed by atoms with Gasteiger partial charge < -0.3 is 10.2 Å². The number of primary sulfonamides is 1. The van der Waals surface area contributed by atoms with E-state index in [1.54, 1.807) is 0 Å². The van der Waals surface area contributed by atoms with E-state index >= 15 is 0 Å². The third kappa shape index (κ3) is 4.15. The van der Waals surface area contributed by atoms with E-state index in [0.717, 1.165) is 6.07 Å². The summed E-state index contributed by atoms with van der Waals surface area (Å²) in [7, 11) is -0.0350. The van der Waals surface area contributed by atoms with Gasteiger partial charge in [-0.25, -0.2) is 13.6 Å². The maximum Gasteiger partial charge on any atom is 0.272 e. The largest absolute Gasteiger partial charge is 0.383 e. The number of sulfonamides is 1. The van der Waals surface area contributed by atoms with E-state index in [1.165, 1.54) is 25.0 Å². The number of nitro benzene ring substituents is 1. The SMILES string of the molecule is CN(C)C(CNc1cc([N+](=O)[O-])cc(S(N)(=O)=O)c1)C1CC1. The monoisotopic (exact) mass is 328 g/mol. The molecule has 1 saturated carbocycles. The number of nitrogens with one attached hydrogen (secondary N) is 1. The number of nitrogens with two attached hydrogens (primary N) is 1. The minimum Gasteiger partial charge on any atom is -0.383 e. The van der Waals surface area contributed by atoms with Gasteiger partial charge in [0.25, 0.3) is 5.69 Å². The van der Waals surface area contributed by atoms with Gasteiger partial charge in [0, 0.05) is 30.4 Å². The van der Waals surface area contributed by atoms with Gasteiger partial charge in [0.2, 0.25) is 10.0 Å². The molecule has 3 N–H and O–H groups in total. The number of nitro groups is 1. The van der Waals surface area contributed by atoms with Gasteiger partial charge in [-0.1, -0.05) is 0 Å². The van der Waals surface area contributed by atoms with Gasteiger partial charge in [-0.2, -0.15) is 0 Å². The number of non-ortho nitro benzene ring substituents is 1. The first kappa shape index (κ1) is 16.7. The minimum atomic E-state index is -4.00. The molecule has 0 aromatic heterocycles. The number of hydrogen-bond donors (Lipinski definition) is 2. The smallest absolute Gasteiger partial charge is 0.272 e. The van der Waals surface area contributed by atoms with Crippen molar-refractivity contribution in [1.29, 1.82) is 0 Å². The van der Waals surface area contributed by atoms with Crippen molar-refractivity contribution in [2.24, 2.45) is 11.1 Å². The van der Waals surface area contributed by atoms with Crippen LogP contribution in [-0.4, -0.2) is 44.9 Å². The summed E-state index contributed by atoms with van der Waals surface area (Å²) in [6.07, 6.45) is 2.34. The fourth-order valence-electron chi connectivity index (χ4n) is 2.43. The van der Waals surface area contributed by atoms with E-state index in [-0.39, 0.29) is 10.6 Å². The lowest BCUT2D eigenvalue weighted by molar-refractivity contribution is -0.385. The predicted molar refractivity (Wildman–Crippen MR) is 83.2 cm³/mol. The fraction of sp³-hybridized carbons (Fsp3) is 0.538. The van der Waals surface area contributed by atoms with Crippen LogP contribution in [0.15, 0.2) is 23.1 Å². The van der Waals surface area contributed by atoms with Crippen molar-refractivity contribution < 1.29 is 13.3 Å². The van der Waals surface area contributed by atoms with Crippen LogP contribution in [0.1, 0.15) is 12.8 Å². The molecule has 2 rings (SSSR count). The quantitative estimate of drug-likeness (QED) is 0.569. The fourth-order valence-corrected chi connectivity index (χ4v) is 3.01. The number of hydrogen-bond acceptors (Lipinski definition) is 6. The van der Waals surface area contributed by atoms with Crippen LogP contribution >= 0.6 is 0 Å². The summed E-state index contributed by atoms with van der Waals surface area (Å²) in [5.74, 6) is 0.610. The Morgan fingerprint density at radius 2 is 2.05 bits per heavy atom. The second-order valence-electron chi connectivity index (χ2n) is 5.77. The van der Waals surface area contributed by atoms with Crippen LogP contribution in [0.5, 0.6) is 0 Å². The van der Waals surface area contributed by atoms with Crippen molar-refractivity contribution >= 4 is 21.4 Å². The van der Waals surface area contributed by atoms with Gasteiger partial charge in [-0.05, 0) is 38.9 Å². The molecule has 0 bridgehead atoms. The first-order valence-corrected chi connectivity index (χ1v) is 8.45. The number of nitrogens with zero attached hydrogens (tertiary/aromatic N) is 2. The Hall–Kier alpha value is -1.71. The molecule has 1 aliphatic carbocycles. The van der Waals surface area contributed by atoms with Gasteiger partial charge in [0.1, 0.15) is 0 Å². The lowest BCUT2D eigenvalue weighted by Crippen LogP contribution is -2.36. The van der Waals surface area contributed by atoms with Gasteiger partial charge >= 0.3 is 0 Å². The Morgan fingerprint density at radius 1 is 1.41 bits per heavy atom. The van der Waals surface area contributed by atoms with Crippen molar-refractivity contribution in [1.82, 2.24) is 4.90 Å². The second kappa shape index (κ2) is 6.19. The predicted octanol–water partition coefficient (Wildman–Crippen LogP) is 0.994. The molecule has 1 aromatic carbocycles. The lowest BCUT2D eigenvalue weighted by Gasteiger charge is -2.25. The van der Waals surface area contributed by atoms with Crippen LogP contribution in [-0.2, 0) is 10.0 Å². The summed E-state index contributed by atoms with van der Waals surface area (Å²) < 4.78 is 22.9. The lowest BCUT2D eigenvalue weighted by atomic mass is 10.1. The molecule has 0 heterocycles. The maximum absolute atomic E-state index is 11.4. The summed E-state index contributed by atoms with van der Waals surface area (Å²) in [5.41, 5.74) is 0.0765. The topological polar surface area (TPSA) is 119 Å². The molecule has 1 atom stereocenters. The van der Waals surface area contributed by atoms with Gasteiger partial charge in [-0.3, -0.25) is 10.1 Å². The molecule has 1 unspecified atom stereocenters. The van der Waals surface area contributed by atoms with E-state index in [0.29, 0.717) is 24.2 Å². The molecule has 9 heteroatoms. The average Bonchev–Trinajstić information content (AvgIpc) is 3.21. The van der Waals surface area contributed by atoms with E-state index in [1.807, 2.05) is 14.1 Å². The molecule has 0 aliphatic heterocycles. The van der Waals surface area contributed by atoms with E-state index in [2.05, 4.69) is 10.2 Å². The molecule has 0 amide bonds. The molecule has 1 aliphatic rings. The van der Waals surface area contributed by atoms with E-state index < -0.39 is 14.9 Å². The maximum atomic E-state index is 11.4. The van der Waals surface area contributed by atoms with Gasteiger partial charge in [0.15, 0.2) is 0 Å². The molecule has 0 spiro atoms. The highest BCUT2D eigenvalue weighted by Crippen LogP contribution is 2.35. The molecule has 122 valence electrons. The molecule has 1 aromatic rings. The first-order chi connectivity index (χ1) is 10.2. The third-order valence-electron chi connectivity index (χ3n) is 3.78. The number of benzene rings is 1. The van der Waals surface area contributed by atoms with Crippen molar-refractivity contribution in [3.05, 3.63) is 28.3 Å². The Kier molecular flexibility index (Phi) is 4.69. The molecule has 1 fully saturated rings. The summed E-state index contributed by atoms with van der Waals surface area (Å²) in [5, 5.41) is 19.1. The van der Waals surface area contributed by atoms with Crippen molar-refractivity contribution in [3.63, 3.8) is 0 Å². The van der Waals surface area contributed by atoms with E-state index in [4.69, 9.17) is 5.14 Å². The number of likely N-dealkylation sites (N-methyl/N-ethyl adjacent to an activating group) is 1. The van der Waals surface area contributed by atoms with Crippen LogP contribution in [0, 0.1) is 16.0 Å². The van der Waals surface area contributed by atoms with Crippen LogP contribution < -0.4 is 10.5 Å². The van der Waals surface area contributed by atoms with E-state index in [9.17, 15) is 18.5 Å². The Balaban J connectivity index is 2.22. The summed E-state index contributed by atoms with van der Waals surface area (Å²) in [4.78, 5) is 12.1. The Morgan fingerprint density at radius 3 is 2.50 bits per heavy atom. The van der Waals surface area contributed by atoms with Gasteiger partial charge in [0.05, 0.1) is 9.82 Å². The van der Waals surface area contributed by atoms with Crippen LogP contribution in [0.25, 0.3) is 0 Å². The molecule has 0 radical (unpaired) electrons. The second-order valence-corrected chi connectivity index (χ2v) is 7.33. The van der Waals surface area contributed by atoms with Crippen molar-refractivity contribution in [3.8, 4) is 0 Å². The zero-order valence-corrected chi connectivity index (χ0v) is 13.3. The van der Waals surface area contributed by atoms with Crippen LogP contribution in [0.2, 0.25) is 0 Å². The molecular formula is C13H20N4O4S. The molecular weight excluding hydrogens is 308 g/mol. The third-order valence-corrected chi connectivity index (χ3v) is 4.67. The highest BCUT2D eigenvalue weighted by Gasteiger charge is 2.32. The van der Waals surface area contributed by atoms with Crippen LogP contribution in [0.4, 0.5) is 11.4 Å². The first-order valence-electron chi connectivity index (χ1n) is 6.91. The Labute approximate surface area is 129 Å². The summed E-state index contributed by atoms with van der Waals surface area (Å²) in [6.45, 7) is 0.586. The van der Waals surface area contributed by atoms with Crippen molar-refractivity contribution in [2.45, 2.75) is 23.8 Å². The molecule has 0 saturated heterocycles. The normalized spacial score (nSPS) is 16.5. The zero-order valence-electron chi connectivity index (χ0n) is 12.5. The highest BCUT2D eigenvalue weighted by atomic mass is 32.2. The molecule has 22 heavy (non-hydrogen) atoms. The summed E-state index contributed by atoms with van der Waals surface area (Å²) >= 11 is 0. The average molecular weight is 328 g/mol. The highest BCUT2D eigenvalue weighted by molar-refractivity contribution is 7.89. The number of rotatable bonds is 7. The standard InChI is InChI=1S/C13H20N4O4S/c1-16(2)13(9-3-4-9)8-15-10-5-11(17(18)19)7-12(6-10)22(14,20)21/h5-7,9,13,15H,3-4,8H2,1-2H3,(H2,14,20,21).